The van der Waals surface area contributed by atoms with Gasteiger partial charge in [-0.15, -0.1) is 0 Å². The molecule has 5 nitrogen and oxygen atoms in total. The first-order chi connectivity index (χ1) is 12.2. The molecule has 1 heterocycles. The van der Waals surface area contributed by atoms with E-state index >= 15 is 0 Å². The number of ketones is 1. The summed E-state index contributed by atoms with van der Waals surface area (Å²) in [6.07, 6.45) is 13.3. The van der Waals surface area contributed by atoms with Crippen LogP contribution < -0.4 is 16.4 Å². The van der Waals surface area contributed by atoms with Gasteiger partial charge in [-0.25, -0.2) is 0 Å². The number of hydrogen-bond donors (Lipinski definition) is 3. The van der Waals surface area contributed by atoms with Gasteiger partial charge in [-0.2, -0.15) is 0 Å². The highest BCUT2D eigenvalue weighted by Gasteiger charge is 2.50. The van der Waals surface area contributed by atoms with Crippen molar-refractivity contribution in [3.63, 3.8) is 0 Å². The van der Waals surface area contributed by atoms with Crippen molar-refractivity contribution in [2.75, 3.05) is 13.1 Å². The number of nitrogens with one attached hydrogen (secondary N) is 2. The normalized spacial score (nSPS) is 35.4. The summed E-state index contributed by atoms with van der Waals surface area (Å²) < 4.78 is 0. The van der Waals surface area contributed by atoms with Crippen molar-refractivity contribution < 1.29 is 9.59 Å². The maximum Gasteiger partial charge on any atom is 0.233 e. The zero-order valence-corrected chi connectivity index (χ0v) is 15.5. The largest absolute Gasteiger partial charge is 0.355 e. The quantitative estimate of drug-likeness (QED) is 0.642. The van der Waals surface area contributed by atoms with E-state index in [9.17, 15) is 9.59 Å². The number of carbonyl (C=O) groups is 2. The minimum absolute atomic E-state index is 0.0454. The molecule has 0 aromatic rings. The van der Waals surface area contributed by atoms with Crippen LogP contribution in [0.25, 0.3) is 0 Å². The van der Waals surface area contributed by atoms with Crippen LogP contribution in [0.5, 0.6) is 0 Å². The van der Waals surface area contributed by atoms with Gasteiger partial charge in [-0.3, -0.25) is 9.59 Å². The van der Waals surface area contributed by atoms with Gasteiger partial charge in [0.15, 0.2) is 5.78 Å². The third kappa shape index (κ3) is 4.62. The number of hydrogen-bond acceptors (Lipinski definition) is 4. The number of Topliss-reactive ketones (excluding diaryl/α,β-unsaturated/α-hetero) is 1. The van der Waals surface area contributed by atoms with E-state index in [0.29, 0.717) is 30.2 Å². The van der Waals surface area contributed by atoms with Gasteiger partial charge < -0.3 is 16.4 Å². The van der Waals surface area contributed by atoms with E-state index < -0.39 is 0 Å². The van der Waals surface area contributed by atoms with Crippen molar-refractivity contribution in [2.24, 2.45) is 23.5 Å². The van der Waals surface area contributed by atoms with E-state index in [1.165, 1.54) is 51.4 Å². The second-order valence-electron chi connectivity index (χ2n) is 8.31. The maximum absolute atomic E-state index is 13.1. The first-order valence-corrected chi connectivity index (χ1v) is 10.5. The molecule has 5 heteroatoms. The van der Waals surface area contributed by atoms with Gasteiger partial charge in [-0.05, 0) is 56.8 Å². The van der Waals surface area contributed by atoms with E-state index in [-0.39, 0.29) is 24.4 Å². The standard InChI is InChI=1S/C20H35N3O2/c21-13-17(24)22-12-6-5-9-16-20(25)18-14-7-3-1-2-4-8-15(11-10-14)19(18)23-16/h14-16,18-19,23H,1-13,21H2,(H,22,24). The second-order valence-corrected chi connectivity index (χ2v) is 8.31. The number of unbranched alkanes of at least 4 members (excludes halogenated alkanes) is 1. The molecule has 5 atom stereocenters. The first-order valence-electron chi connectivity index (χ1n) is 10.5. The van der Waals surface area contributed by atoms with Crippen LogP contribution in [0.4, 0.5) is 0 Å². The Bertz CT molecular complexity index is 464. The van der Waals surface area contributed by atoms with Crippen LogP contribution >= 0.6 is 0 Å². The first kappa shape index (κ1) is 18.8. The van der Waals surface area contributed by atoms with E-state index in [4.69, 9.17) is 5.73 Å². The van der Waals surface area contributed by atoms with Crippen molar-refractivity contribution in [2.45, 2.75) is 82.7 Å². The summed E-state index contributed by atoms with van der Waals surface area (Å²) in [7, 11) is 0. The molecule has 1 saturated heterocycles. The van der Waals surface area contributed by atoms with Crippen molar-refractivity contribution in [1.82, 2.24) is 10.6 Å². The van der Waals surface area contributed by atoms with E-state index in [1.807, 2.05) is 0 Å². The monoisotopic (exact) mass is 349 g/mol. The van der Waals surface area contributed by atoms with E-state index in [1.54, 1.807) is 0 Å². The Balaban J connectivity index is 1.52. The molecule has 2 saturated carbocycles. The van der Waals surface area contributed by atoms with Crippen LogP contribution in [0.1, 0.15) is 70.6 Å². The minimum atomic E-state index is -0.0997. The Labute approximate surface area is 151 Å². The highest BCUT2D eigenvalue weighted by Crippen LogP contribution is 2.44. The fourth-order valence-corrected chi connectivity index (χ4v) is 5.38. The Kier molecular flexibility index (Phi) is 6.88. The lowest BCUT2D eigenvalue weighted by Crippen LogP contribution is -2.44. The molecule has 5 unspecified atom stereocenters. The average molecular weight is 350 g/mol. The Hall–Kier alpha value is -0.940. The van der Waals surface area contributed by atoms with Crippen molar-refractivity contribution in [1.29, 1.82) is 0 Å². The Morgan fingerprint density at radius 2 is 1.76 bits per heavy atom. The fourth-order valence-electron chi connectivity index (χ4n) is 5.38. The molecular weight excluding hydrogens is 314 g/mol. The van der Waals surface area contributed by atoms with Crippen LogP contribution in [-0.2, 0) is 9.59 Å². The van der Waals surface area contributed by atoms with E-state index in [0.717, 1.165) is 19.3 Å². The van der Waals surface area contributed by atoms with Crippen LogP contribution in [0.2, 0.25) is 0 Å². The summed E-state index contributed by atoms with van der Waals surface area (Å²) in [5.74, 6) is 1.99. The highest BCUT2D eigenvalue weighted by atomic mass is 16.1. The minimum Gasteiger partial charge on any atom is -0.355 e. The van der Waals surface area contributed by atoms with E-state index in [2.05, 4.69) is 10.6 Å². The molecule has 3 rings (SSSR count). The van der Waals surface area contributed by atoms with Crippen molar-refractivity contribution in [3.8, 4) is 0 Å². The average Bonchev–Trinajstić information content (AvgIpc) is 2.97. The van der Waals surface area contributed by atoms with Crippen LogP contribution in [0.3, 0.4) is 0 Å². The molecule has 2 aliphatic carbocycles. The highest BCUT2D eigenvalue weighted by molar-refractivity contribution is 5.89. The van der Waals surface area contributed by atoms with Crippen LogP contribution in [0, 0.1) is 17.8 Å². The molecule has 2 bridgehead atoms. The lowest BCUT2D eigenvalue weighted by molar-refractivity contribution is -0.125. The van der Waals surface area contributed by atoms with Gasteiger partial charge in [0, 0.05) is 18.5 Å². The molecule has 0 aromatic carbocycles. The molecule has 3 aliphatic rings. The zero-order valence-electron chi connectivity index (χ0n) is 15.5. The molecule has 25 heavy (non-hydrogen) atoms. The molecule has 0 radical (unpaired) electrons. The van der Waals surface area contributed by atoms with Crippen LogP contribution in [-0.4, -0.2) is 36.9 Å². The number of amides is 1. The maximum atomic E-state index is 13.1. The molecule has 4 N–H and O–H groups in total. The predicted molar refractivity (Wildman–Crippen MR) is 99.0 cm³/mol. The third-order valence-corrected chi connectivity index (χ3v) is 6.70. The summed E-state index contributed by atoms with van der Waals surface area (Å²) in [4.78, 5) is 24.2. The second kappa shape index (κ2) is 9.13. The van der Waals surface area contributed by atoms with Gasteiger partial charge in [0.05, 0.1) is 12.6 Å². The molecule has 1 amide bonds. The summed E-state index contributed by atoms with van der Waals surface area (Å²) in [6, 6.07) is 0.482. The predicted octanol–water partition coefficient (Wildman–Crippen LogP) is 2.14. The lowest BCUT2D eigenvalue weighted by atomic mass is 9.67. The summed E-state index contributed by atoms with van der Waals surface area (Å²) in [5.41, 5.74) is 5.28. The fraction of sp³-hybridized carbons (Fsp3) is 0.900. The molecule has 1 aliphatic heterocycles. The van der Waals surface area contributed by atoms with Crippen LogP contribution in [0.15, 0.2) is 0 Å². The summed E-state index contributed by atoms with van der Waals surface area (Å²) in [6.45, 7) is 0.712. The molecule has 0 spiro atoms. The topological polar surface area (TPSA) is 84.2 Å². The SMILES string of the molecule is NCC(=O)NCCCCC1NC2C3CCCCCCC(CC3)C2C1=O. The smallest absolute Gasteiger partial charge is 0.233 e. The molecule has 0 aromatic heterocycles. The van der Waals surface area contributed by atoms with Crippen molar-refractivity contribution >= 4 is 11.7 Å². The number of carbonyl (C=O) groups excluding carboxylic acids is 2. The van der Waals surface area contributed by atoms with Gasteiger partial charge in [0.2, 0.25) is 5.91 Å². The van der Waals surface area contributed by atoms with Gasteiger partial charge in [0.25, 0.3) is 0 Å². The van der Waals surface area contributed by atoms with Gasteiger partial charge in [-0.1, -0.05) is 25.7 Å². The lowest BCUT2D eigenvalue weighted by Gasteiger charge is -2.39. The number of rotatable bonds is 6. The molecular formula is C20H35N3O2. The van der Waals surface area contributed by atoms with Gasteiger partial charge >= 0.3 is 0 Å². The number of nitrogens with two attached hydrogens (primary N) is 1. The summed E-state index contributed by atoms with van der Waals surface area (Å²) >= 11 is 0. The Morgan fingerprint density at radius 1 is 1.04 bits per heavy atom. The molecule has 3 fully saturated rings. The summed E-state index contributed by atoms with van der Waals surface area (Å²) in [5, 5.41) is 6.55. The van der Waals surface area contributed by atoms with Crippen molar-refractivity contribution in [3.05, 3.63) is 0 Å². The third-order valence-electron chi connectivity index (χ3n) is 6.70. The van der Waals surface area contributed by atoms with Gasteiger partial charge in [0.1, 0.15) is 0 Å². The zero-order chi connectivity index (χ0) is 17.6. The molecule has 142 valence electrons. The Morgan fingerprint density at radius 3 is 2.52 bits per heavy atom.